The number of amides is 2. The smallest absolute Gasteiger partial charge is 0.229 e. The number of aliphatic hydroxyl groups is 1. The fourth-order valence-electron chi connectivity index (χ4n) is 4.85. The maximum Gasteiger partial charge on any atom is 0.229 e. The number of nitrogens with one attached hydrogen (secondary N) is 3. The van der Waals surface area contributed by atoms with Crippen LogP contribution in [0.15, 0.2) is 42.5 Å². The lowest BCUT2D eigenvalue weighted by Crippen LogP contribution is -2.38. The molecule has 3 rings (SSSR count). The molecule has 6 nitrogen and oxygen atoms in total. The third-order valence-electron chi connectivity index (χ3n) is 6.49. The number of rotatable bonds is 10. The molecule has 2 amide bonds. The highest BCUT2D eigenvalue weighted by molar-refractivity contribution is 6.31. The van der Waals surface area contributed by atoms with Gasteiger partial charge in [-0.25, -0.2) is 4.39 Å². The summed E-state index contributed by atoms with van der Waals surface area (Å²) in [5.41, 5.74) is 1.13. The lowest BCUT2D eigenvalue weighted by molar-refractivity contribution is -0.120. The van der Waals surface area contributed by atoms with E-state index >= 15 is 0 Å². The second-order valence-electron chi connectivity index (χ2n) is 10.8. The quantitative estimate of drug-likeness (QED) is 0.259. The van der Waals surface area contributed by atoms with E-state index in [4.69, 9.17) is 28.3 Å². The van der Waals surface area contributed by atoms with Crippen LogP contribution in [-0.4, -0.2) is 42.7 Å². The van der Waals surface area contributed by atoms with Gasteiger partial charge in [0.2, 0.25) is 12.3 Å². The van der Waals surface area contributed by atoms with Gasteiger partial charge in [0, 0.05) is 41.9 Å². The molecule has 210 valence electrons. The highest BCUT2D eigenvalue weighted by atomic mass is 35.5. The summed E-state index contributed by atoms with van der Waals surface area (Å²) in [4.78, 5) is 23.2. The van der Waals surface area contributed by atoms with Gasteiger partial charge >= 0.3 is 0 Å². The van der Waals surface area contributed by atoms with Gasteiger partial charge in [0.25, 0.3) is 0 Å². The summed E-state index contributed by atoms with van der Waals surface area (Å²) in [6, 6.07) is 12.1. The van der Waals surface area contributed by atoms with Gasteiger partial charge in [0.15, 0.2) is 0 Å². The molecular weight excluding hydrogens is 528 g/mol. The van der Waals surface area contributed by atoms with Gasteiger partial charge in [-0.15, -0.1) is 0 Å². The van der Waals surface area contributed by atoms with E-state index in [1.54, 1.807) is 36.4 Å². The van der Waals surface area contributed by atoms with Crippen molar-refractivity contribution in [1.29, 1.82) is 0 Å². The van der Waals surface area contributed by atoms with Gasteiger partial charge in [-0.3, -0.25) is 9.59 Å². The first-order chi connectivity index (χ1) is 18.0. The molecule has 0 aromatic heterocycles. The topological polar surface area (TPSA) is 90.5 Å². The van der Waals surface area contributed by atoms with Crippen LogP contribution < -0.4 is 16.0 Å². The van der Waals surface area contributed by atoms with Gasteiger partial charge in [0.05, 0.1) is 10.9 Å². The molecule has 1 aliphatic rings. The Kier molecular flexibility index (Phi) is 13.0. The number of hydrogen-bond donors (Lipinski definition) is 4. The van der Waals surface area contributed by atoms with Crippen molar-refractivity contribution in [2.75, 3.05) is 18.5 Å². The molecule has 2 aromatic carbocycles. The van der Waals surface area contributed by atoms with Crippen LogP contribution >= 0.6 is 23.2 Å². The zero-order valence-corrected chi connectivity index (χ0v) is 24.1. The van der Waals surface area contributed by atoms with Gasteiger partial charge in [0.1, 0.15) is 5.82 Å². The Labute approximate surface area is 235 Å². The van der Waals surface area contributed by atoms with Crippen LogP contribution in [0, 0.1) is 17.2 Å². The van der Waals surface area contributed by atoms with E-state index in [9.17, 15) is 14.0 Å². The Morgan fingerprint density at radius 1 is 1.21 bits per heavy atom. The van der Waals surface area contributed by atoms with Crippen molar-refractivity contribution in [3.8, 4) is 0 Å². The third kappa shape index (κ3) is 9.84. The molecule has 0 radical (unpaired) electrons. The van der Waals surface area contributed by atoms with Crippen molar-refractivity contribution in [2.45, 2.75) is 71.4 Å². The second-order valence-corrected chi connectivity index (χ2v) is 11.7. The summed E-state index contributed by atoms with van der Waals surface area (Å²) >= 11 is 12.0. The molecule has 1 aliphatic heterocycles. The van der Waals surface area contributed by atoms with Gasteiger partial charge in [-0.1, -0.05) is 75.5 Å². The van der Waals surface area contributed by atoms with E-state index in [0.29, 0.717) is 35.6 Å². The SMILES string of the molecule is CC(C)(C)CC1NCC(c2cccc(Cl)c2F)C1C(=O)Nc1cccc(Cl)c1.CCC[C@@H](CCO)NC=O. The summed E-state index contributed by atoms with van der Waals surface area (Å²) in [6.45, 7) is 9.11. The summed E-state index contributed by atoms with van der Waals surface area (Å²) < 4.78 is 14.7. The molecule has 4 N–H and O–H groups in total. The van der Waals surface area contributed by atoms with Crippen molar-refractivity contribution in [2.24, 2.45) is 11.3 Å². The molecule has 1 heterocycles. The van der Waals surface area contributed by atoms with Crippen molar-refractivity contribution in [3.63, 3.8) is 0 Å². The fraction of sp³-hybridized carbons (Fsp3) is 0.517. The molecular formula is C29H40Cl2FN3O3. The zero-order chi connectivity index (χ0) is 28.3. The summed E-state index contributed by atoms with van der Waals surface area (Å²) in [6.07, 6.45) is 4.12. The zero-order valence-electron chi connectivity index (χ0n) is 22.6. The average molecular weight is 569 g/mol. The first-order valence-electron chi connectivity index (χ1n) is 13.0. The first kappa shape index (κ1) is 32.0. The van der Waals surface area contributed by atoms with E-state index in [2.05, 4.69) is 43.6 Å². The highest BCUT2D eigenvalue weighted by Gasteiger charge is 2.44. The van der Waals surface area contributed by atoms with E-state index in [0.717, 1.165) is 19.3 Å². The Hall–Kier alpha value is -2.19. The minimum atomic E-state index is -0.451. The lowest BCUT2D eigenvalue weighted by atomic mass is 9.78. The summed E-state index contributed by atoms with van der Waals surface area (Å²) in [5.74, 6) is -1.32. The van der Waals surface area contributed by atoms with Crippen LogP contribution in [0.3, 0.4) is 0 Å². The maximum absolute atomic E-state index is 14.7. The monoisotopic (exact) mass is 567 g/mol. The normalized spacial score (nSPS) is 19.7. The molecule has 0 spiro atoms. The third-order valence-corrected chi connectivity index (χ3v) is 7.02. The Morgan fingerprint density at radius 3 is 2.53 bits per heavy atom. The van der Waals surface area contributed by atoms with Crippen LogP contribution in [-0.2, 0) is 9.59 Å². The van der Waals surface area contributed by atoms with Gasteiger partial charge < -0.3 is 21.1 Å². The van der Waals surface area contributed by atoms with Crippen molar-refractivity contribution in [1.82, 2.24) is 10.6 Å². The van der Waals surface area contributed by atoms with Crippen molar-refractivity contribution in [3.05, 3.63) is 63.9 Å². The molecule has 3 unspecified atom stereocenters. The standard InChI is InChI=1S/C22H25Cl2FN2O.C7H15NO2/c1-22(2,3)11-18-19(21(28)27-14-7-4-6-13(23)10-14)16(12-26-18)15-8-5-9-17(24)20(15)25;1-2-3-7(4-5-9)8-6-10/h4-10,16,18-19,26H,11-12H2,1-3H3,(H,27,28);6-7,9H,2-5H2,1H3,(H,8,10)/t;7-/m.0/s1. The number of anilines is 1. The number of carbonyl (C=O) groups is 2. The average Bonchev–Trinajstić information content (AvgIpc) is 3.23. The molecule has 2 aromatic rings. The summed E-state index contributed by atoms with van der Waals surface area (Å²) in [7, 11) is 0. The molecule has 0 saturated carbocycles. The van der Waals surface area contributed by atoms with Crippen molar-refractivity contribution < 1.29 is 19.1 Å². The maximum atomic E-state index is 14.7. The largest absolute Gasteiger partial charge is 0.396 e. The Morgan fingerprint density at radius 2 is 1.92 bits per heavy atom. The van der Waals surface area contributed by atoms with E-state index < -0.39 is 11.7 Å². The number of aliphatic hydroxyl groups excluding tert-OH is 1. The van der Waals surface area contributed by atoms with E-state index in [-0.39, 0.29) is 41.0 Å². The minimum Gasteiger partial charge on any atom is -0.396 e. The molecule has 9 heteroatoms. The molecule has 0 aliphatic carbocycles. The lowest BCUT2D eigenvalue weighted by Gasteiger charge is -2.29. The van der Waals surface area contributed by atoms with Crippen LogP contribution in [0.25, 0.3) is 0 Å². The van der Waals surface area contributed by atoms with E-state index in [1.165, 1.54) is 6.07 Å². The fourth-order valence-corrected chi connectivity index (χ4v) is 5.22. The molecule has 0 bridgehead atoms. The number of carbonyl (C=O) groups excluding carboxylic acids is 2. The Balaban J connectivity index is 0.000000432. The highest BCUT2D eigenvalue weighted by Crippen LogP contribution is 2.39. The van der Waals surface area contributed by atoms with Crippen LogP contribution in [0.2, 0.25) is 10.0 Å². The minimum absolute atomic E-state index is 0.0218. The predicted octanol–water partition coefficient (Wildman–Crippen LogP) is 6.16. The number of hydrogen-bond acceptors (Lipinski definition) is 4. The number of benzene rings is 2. The molecule has 4 atom stereocenters. The number of halogens is 3. The predicted molar refractivity (Wildman–Crippen MR) is 153 cm³/mol. The van der Waals surface area contributed by atoms with Crippen LogP contribution in [0.1, 0.15) is 64.9 Å². The molecule has 38 heavy (non-hydrogen) atoms. The van der Waals surface area contributed by atoms with Gasteiger partial charge in [-0.05, 0) is 54.5 Å². The van der Waals surface area contributed by atoms with E-state index in [1.807, 2.05) is 0 Å². The van der Waals surface area contributed by atoms with Gasteiger partial charge in [-0.2, -0.15) is 0 Å². The van der Waals surface area contributed by atoms with Crippen LogP contribution in [0.5, 0.6) is 0 Å². The first-order valence-corrected chi connectivity index (χ1v) is 13.8. The second kappa shape index (κ2) is 15.4. The molecule has 1 fully saturated rings. The van der Waals surface area contributed by atoms with Crippen LogP contribution in [0.4, 0.5) is 10.1 Å². The molecule has 1 saturated heterocycles. The summed E-state index contributed by atoms with van der Waals surface area (Å²) in [5, 5.41) is 18.2. The Bertz CT molecular complexity index is 1040. The van der Waals surface area contributed by atoms with Crippen molar-refractivity contribution >= 4 is 41.2 Å².